The lowest BCUT2D eigenvalue weighted by Crippen LogP contribution is -2.31. The predicted octanol–water partition coefficient (Wildman–Crippen LogP) is 3.31. The number of anilines is 2. The zero-order valence-corrected chi connectivity index (χ0v) is 16.4. The van der Waals surface area contributed by atoms with Crippen LogP contribution in [0.2, 0.25) is 0 Å². The minimum absolute atomic E-state index is 0.240. The lowest BCUT2D eigenvalue weighted by molar-refractivity contribution is 0.102. The second-order valence-electron chi connectivity index (χ2n) is 6.72. The number of methoxy groups -OCH3 is 2. The summed E-state index contributed by atoms with van der Waals surface area (Å²) in [6.45, 7) is 1.67. The molecular weight excluding hydrogens is 368 g/mol. The van der Waals surface area contributed by atoms with E-state index in [-0.39, 0.29) is 11.6 Å². The highest BCUT2D eigenvalue weighted by molar-refractivity contribution is 6.03. The number of carbonyl (C=O) groups excluding carboxylic acids is 1. The predicted molar refractivity (Wildman–Crippen MR) is 111 cm³/mol. The smallest absolute Gasteiger partial charge is 0.275 e. The first-order valence-corrected chi connectivity index (χ1v) is 9.35. The summed E-state index contributed by atoms with van der Waals surface area (Å²) in [4.78, 5) is 23.5. The highest BCUT2D eigenvalue weighted by Gasteiger charge is 2.18. The molecule has 1 aliphatic rings. The fourth-order valence-corrected chi connectivity index (χ4v) is 3.38. The van der Waals surface area contributed by atoms with Crippen molar-refractivity contribution in [1.82, 2.24) is 9.97 Å². The van der Waals surface area contributed by atoms with Crippen molar-refractivity contribution < 1.29 is 14.3 Å². The van der Waals surface area contributed by atoms with E-state index in [9.17, 15) is 4.79 Å². The van der Waals surface area contributed by atoms with E-state index in [0.717, 1.165) is 25.3 Å². The van der Waals surface area contributed by atoms with Crippen LogP contribution in [0.5, 0.6) is 11.5 Å². The zero-order valence-electron chi connectivity index (χ0n) is 16.4. The van der Waals surface area contributed by atoms with E-state index in [1.807, 2.05) is 0 Å². The summed E-state index contributed by atoms with van der Waals surface area (Å²) in [6, 6.07) is 13.6. The summed E-state index contributed by atoms with van der Waals surface area (Å²) < 4.78 is 10.5. The third-order valence-corrected chi connectivity index (χ3v) is 4.98. The molecule has 7 heteroatoms. The largest absolute Gasteiger partial charge is 0.497 e. The summed E-state index contributed by atoms with van der Waals surface area (Å²) >= 11 is 0. The Morgan fingerprint density at radius 3 is 2.59 bits per heavy atom. The molecule has 0 radical (unpaired) electrons. The molecule has 7 nitrogen and oxygen atoms in total. The molecule has 0 bridgehead atoms. The summed E-state index contributed by atoms with van der Waals surface area (Å²) in [5.74, 6) is 1.57. The first-order valence-electron chi connectivity index (χ1n) is 9.35. The van der Waals surface area contributed by atoms with Crippen molar-refractivity contribution in [2.75, 3.05) is 31.0 Å². The van der Waals surface area contributed by atoms with Gasteiger partial charge in [-0.1, -0.05) is 24.3 Å². The molecule has 1 N–H and O–H groups in total. The molecule has 29 heavy (non-hydrogen) atoms. The second kappa shape index (κ2) is 8.18. The second-order valence-corrected chi connectivity index (χ2v) is 6.72. The number of fused-ring (bicyclic) bond motifs is 1. The Labute approximate surface area is 169 Å². The van der Waals surface area contributed by atoms with Gasteiger partial charge in [0.25, 0.3) is 5.91 Å². The van der Waals surface area contributed by atoms with Gasteiger partial charge in [0.1, 0.15) is 23.0 Å². The maximum absolute atomic E-state index is 12.6. The average Bonchev–Trinajstić information content (AvgIpc) is 2.79. The molecule has 0 saturated carbocycles. The highest BCUT2D eigenvalue weighted by atomic mass is 16.5. The Morgan fingerprint density at radius 1 is 1.03 bits per heavy atom. The Bertz CT molecular complexity index is 1020. The van der Waals surface area contributed by atoms with Crippen molar-refractivity contribution >= 4 is 17.4 Å². The minimum Gasteiger partial charge on any atom is -0.497 e. The number of rotatable bonds is 5. The molecule has 0 saturated heterocycles. The molecule has 2 heterocycles. The van der Waals surface area contributed by atoms with Crippen LogP contribution in [-0.2, 0) is 13.0 Å². The number of amides is 1. The number of nitrogens with zero attached hydrogens (tertiary/aromatic N) is 3. The van der Waals surface area contributed by atoms with Crippen molar-refractivity contribution in [3.63, 3.8) is 0 Å². The van der Waals surface area contributed by atoms with Crippen molar-refractivity contribution in [3.8, 4) is 11.5 Å². The van der Waals surface area contributed by atoms with Gasteiger partial charge in [-0.15, -0.1) is 0 Å². The van der Waals surface area contributed by atoms with E-state index < -0.39 is 0 Å². The molecule has 4 rings (SSSR count). The minimum atomic E-state index is -0.350. The van der Waals surface area contributed by atoms with Crippen LogP contribution in [0.3, 0.4) is 0 Å². The topological polar surface area (TPSA) is 76.6 Å². The van der Waals surface area contributed by atoms with Crippen molar-refractivity contribution in [2.45, 2.75) is 13.0 Å². The van der Waals surface area contributed by atoms with Gasteiger partial charge in [0, 0.05) is 19.2 Å². The SMILES string of the molecule is COc1ccc(NC(=O)c2cnc(N3CCc4ccccc4C3)cn2)c(OC)c1. The Kier molecular flexibility index (Phi) is 5.29. The number of aromatic nitrogens is 2. The van der Waals surface area contributed by atoms with Crippen LogP contribution in [0.4, 0.5) is 11.5 Å². The monoisotopic (exact) mass is 390 g/mol. The molecular formula is C22H22N4O3. The van der Waals surface area contributed by atoms with Crippen LogP contribution in [-0.4, -0.2) is 36.6 Å². The first kappa shape index (κ1) is 18.7. The fraction of sp³-hybridized carbons (Fsp3) is 0.227. The van der Waals surface area contributed by atoms with Crippen LogP contribution in [0.1, 0.15) is 21.6 Å². The number of benzene rings is 2. The number of hydrogen-bond donors (Lipinski definition) is 1. The van der Waals surface area contributed by atoms with Gasteiger partial charge in [-0.2, -0.15) is 0 Å². The molecule has 3 aromatic rings. The number of nitrogens with one attached hydrogen (secondary N) is 1. The van der Waals surface area contributed by atoms with E-state index in [1.165, 1.54) is 24.4 Å². The molecule has 0 fully saturated rings. The number of hydrogen-bond acceptors (Lipinski definition) is 6. The number of ether oxygens (including phenoxy) is 2. The summed E-state index contributed by atoms with van der Waals surface area (Å²) in [5, 5.41) is 2.81. The zero-order chi connectivity index (χ0) is 20.2. The molecule has 1 amide bonds. The van der Waals surface area contributed by atoms with E-state index >= 15 is 0 Å². The van der Waals surface area contributed by atoms with Crippen molar-refractivity contribution in [2.24, 2.45) is 0 Å². The van der Waals surface area contributed by atoms with Crippen molar-refractivity contribution in [3.05, 3.63) is 71.7 Å². The van der Waals surface area contributed by atoms with E-state index in [0.29, 0.717) is 17.2 Å². The van der Waals surface area contributed by atoms with E-state index in [4.69, 9.17) is 9.47 Å². The maximum atomic E-state index is 12.6. The lowest BCUT2D eigenvalue weighted by Gasteiger charge is -2.29. The van der Waals surface area contributed by atoms with Gasteiger partial charge in [0.15, 0.2) is 0 Å². The maximum Gasteiger partial charge on any atom is 0.275 e. The Morgan fingerprint density at radius 2 is 1.86 bits per heavy atom. The standard InChI is InChI=1S/C22H22N4O3/c1-28-17-7-8-18(20(11-17)29-2)25-22(27)19-12-24-21(13-23-19)26-10-9-15-5-3-4-6-16(15)14-26/h3-8,11-13H,9-10,14H2,1-2H3,(H,25,27). The normalized spacial score (nSPS) is 12.8. The van der Waals surface area contributed by atoms with Gasteiger partial charge < -0.3 is 19.7 Å². The summed E-state index contributed by atoms with van der Waals surface area (Å²) in [5.41, 5.74) is 3.45. The molecule has 148 valence electrons. The fourth-order valence-electron chi connectivity index (χ4n) is 3.38. The van der Waals surface area contributed by atoms with Crippen LogP contribution in [0.15, 0.2) is 54.9 Å². The molecule has 1 aliphatic heterocycles. The quantitative estimate of drug-likeness (QED) is 0.720. The van der Waals surface area contributed by atoms with Crippen LogP contribution in [0, 0.1) is 0 Å². The Hall–Kier alpha value is -3.61. The van der Waals surface area contributed by atoms with Gasteiger partial charge in [-0.25, -0.2) is 9.97 Å². The molecule has 0 aliphatic carbocycles. The van der Waals surface area contributed by atoms with E-state index in [1.54, 1.807) is 31.5 Å². The van der Waals surface area contributed by atoms with Crippen LogP contribution < -0.4 is 19.7 Å². The molecule has 0 spiro atoms. The number of carbonyl (C=O) groups is 1. The van der Waals surface area contributed by atoms with Gasteiger partial charge in [0.05, 0.1) is 32.3 Å². The summed E-state index contributed by atoms with van der Waals surface area (Å²) in [7, 11) is 3.11. The van der Waals surface area contributed by atoms with Crippen molar-refractivity contribution in [1.29, 1.82) is 0 Å². The first-order chi connectivity index (χ1) is 14.2. The third-order valence-electron chi connectivity index (χ3n) is 4.98. The Balaban J connectivity index is 1.46. The lowest BCUT2D eigenvalue weighted by atomic mass is 10.0. The van der Waals surface area contributed by atoms with Gasteiger partial charge >= 0.3 is 0 Å². The molecule has 0 atom stereocenters. The van der Waals surface area contributed by atoms with Crippen LogP contribution in [0.25, 0.3) is 0 Å². The van der Waals surface area contributed by atoms with Gasteiger partial charge in [-0.3, -0.25) is 4.79 Å². The van der Waals surface area contributed by atoms with Crippen LogP contribution >= 0.6 is 0 Å². The van der Waals surface area contributed by atoms with E-state index in [2.05, 4.69) is 44.5 Å². The highest BCUT2D eigenvalue weighted by Crippen LogP contribution is 2.29. The molecule has 2 aromatic carbocycles. The average molecular weight is 390 g/mol. The molecule has 0 unspecified atom stereocenters. The van der Waals surface area contributed by atoms with Gasteiger partial charge in [-0.05, 0) is 29.7 Å². The summed E-state index contributed by atoms with van der Waals surface area (Å²) in [6.07, 6.45) is 4.12. The van der Waals surface area contributed by atoms with Gasteiger partial charge in [0.2, 0.25) is 0 Å². The third kappa shape index (κ3) is 3.99. The molecule has 1 aromatic heterocycles.